The van der Waals surface area contributed by atoms with E-state index in [1.165, 1.54) is 12.3 Å². The van der Waals surface area contributed by atoms with Crippen molar-refractivity contribution < 1.29 is 9.13 Å². The van der Waals surface area contributed by atoms with Crippen molar-refractivity contribution in [2.24, 2.45) is 0 Å². The van der Waals surface area contributed by atoms with Crippen LogP contribution in [0.25, 0.3) is 0 Å². The maximum Gasteiger partial charge on any atom is 0.127 e. The van der Waals surface area contributed by atoms with Crippen LogP contribution in [0, 0.1) is 5.82 Å². The average molecular weight is 209 g/mol. The van der Waals surface area contributed by atoms with Crippen molar-refractivity contribution in [3.8, 4) is 0 Å². The van der Waals surface area contributed by atoms with Gasteiger partial charge in [0.1, 0.15) is 5.82 Å². The molecule has 1 N–H and O–H groups in total. The lowest BCUT2D eigenvalue weighted by Gasteiger charge is -2.05. The first-order valence-electron chi connectivity index (χ1n) is 5.01. The first kappa shape index (κ1) is 11.7. The predicted octanol–water partition coefficient (Wildman–Crippen LogP) is 2.47. The van der Waals surface area contributed by atoms with Crippen molar-refractivity contribution in [1.29, 1.82) is 0 Å². The summed E-state index contributed by atoms with van der Waals surface area (Å²) in [5, 5.41) is 3.15. The molecule has 0 radical (unpaired) electrons. The molecule has 0 fully saturated rings. The van der Waals surface area contributed by atoms with Crippen molar-refractivity contribution in [2.45, 2.75) is 13.0 Å². The molecule has 0 atom stereocenters. The summed E-state index contributed by atoms with van der Waals surface area (Å²) >= 11 is 0. The third-order valence-electron chi connectivity index (χ3n) is 2.01. The van der Waals surface area contributed by atoms with Crippen molar-refractivity contribution >= 4 is 0 Å². The third-order valence-corrected chi connectivity index (χ3v) is 2.01. The van der Waals surface area contributed by atoms with Gasteiger partial charge in [-0.1, -0.05) is 24.8 Å². The van der Waals surface area contributed by atoms with Gasteiger partial charge in [-0.3, -0.25) is 0 Å². The number of hydrogen-bond donors (Lipinski definition) is 1. The van der Waals surface area contributed by atoms with E-state index in [0.29, 0.717) is 18.7 Å². The minimum absolute atomic E-state index is 0.160. The minimum atomic E-state index is -0.160. The molecule has 0 unspecified atom stereocenters. The van der Waals surface area contributed by atoms with Gasteiger partial charge >= 0.3 is 0 Å². The van der Waals surface area contributed by atoms with Gasteiger partial charge in [-0.2, -0.15) is 0 Å². The molecule has 0 aliphatic heterocycles. The number of nitrogens with one attached hydrogen (secondary N) is 1. The predicted molar refractivity (Wildman–Crippen MR) is 58.9 cm³/mol. The van der Waals surface area contributed by atoms with E-state index >= 15 is 0 Å². The third kappa shape index (κ3) is 4.61. The number of hydrogen-bond acceptors (Lipinski definition) is 2. The molecule has 15 heavy (non-hydrogen) atoms. The molecule has 0 spiro atoms. The van der Waals surface area contributed by atoms with E-state index in [1.54, 1.807) is 12.1 Å². The van der Waals surface area contributed by atoms with Crippen molar-refractivity contribution in [2.75, 3.05) is 13.2 Å². The quantitative estimate of drug-likeness (QED) is 0.550. The van der Waals surface area contributed by atoms with Crippen molar-refractivity contribution in [3.05, 3.63) is 48.5 Å². The highest BCUT2D eigenvalue weighted by molar-refractivity contribution is 5.16. The Balaban J connectivity index is 2.15. The van der Waals surface area contributed by atoms with Crippen LogP contribution < -0.4 is 5.32 Å². The Morgan fingerprint density at radius 2 is 2.20 bits per heavy atom. The molecule has 1 aromatic rings. The second-order valence-electron chi connectivity index (χ2n) is 3.16. The maximum atomic E-state index is 13.1. The zero-order valence-electron chi connectivity index (χ0n) is 8.71. The maximum absolute atomic E-state index is 13.1. The monoisotopic (exact) mass is 209 g/mol. The zero-order valence-corrected chi connectivity index (χ0v) is 8.71. The standard InChI is InChI=1S/C12H16FNO/c1-2-15-9-5-8-14-10-11-6-3-4-7-12(11)13/h2-4,6-7,14H,1,5,8-10H2. The van der Waals surface area contributed by atoms with Crippen LogP contribution in [-0.2, 0) is 11.3 Å². The molecule has 1 aromatic carbocycles. The van der Waals surface area contributed by atoms with Gasteiger partial charge < -0.3 is 10.1 Å². The first-order chi connectivity index (χ1) is 7.34. The summed E-state index contributed by atoms with van der Waals surface area (Å²) in [6.45, 7) is 5.46. The Kier molecular flexibility index (Phi) is 5.48. The Labute approximate surface area is 89.8 Å². The summed E-state index contributed by atoms with van der Waals surface area (Å²) in [5.74, 6) is -0.160. The largest absolute Gasteiger partial charge is 0.502 e. The molecule has 1 rings (SSSR count). The van der Waals surface area contributed by atoms with Crippen LogP contribution in [0.3, 0.4) is 0 Å². The first-order valence-corrected chi connectivity index (χ1v) is 5.01. The number of ether oxygens (including phenoxy) is 1. The lowest BCUT2D eigenvalue weighted by Crippen LogP contribution is -2.16. The van der Waals surface area contributed by atoms with Crippen LogP contribution in [0.1, 0.15) is 12.0 Å². The molecule has 0 heterocycles. The fourth-order valence-electron chi connectivity index (χ4n) is 1.23. The SMILES string of the molecule is C=COCCCNCc1ccccc1F. The van der Waals surface area contributed by atoms with Gasteiger partial charge in [-0.15, -0.1) is 0 Å². The molecule has 3 heteroatoms. The summed E-state index contributed by atoms with van der Waals surface area (Å²) in [6, 6.07) is 6.78. The van der Waals surface area contributed by atoms with Gasteiger partial charge in [0.05, 0.1) is 12.9 Å². The molecule has 2 nitrogen and oxygen atoms in total. The fourth-order valence-corrected chi connectivity index (χ4v) is 1.23. The van der Waals surface area contributed by atoms with E-state index < -0.39 is 0 Å². The van der Waals surface area contributed by atoms with Crippen molar-refractivity contribution in [3.63, 3.8) is 0 Å². The van der Waals surface area contributed by atoms with Gasteiger partial charge in [0, 0.05) is 12.1 Å². The van der Waals surface area contributed by atoms with Crippen LogP contribution >= 0.6 is 0 Å². The summed E-state index contributed by atoms with van der Waals surface area (Å²) in [6.07, 6.45) is 2.32. The molecular formula is C12H16FNO. The van der Waals surface area contributed by atoms with Gasteiger partial charge in [-0.25, -0.2) is 4.39 Å². The summed E-state index contributed by atoms with van der Waals surface area (Å²) < 4.78 is 18.1. The molecule has 0 aliphatic rings. The van der Waals surface area contributed by atoms with Crippen molar-refractivity contribution in [1.82, 2.24) is 5.32 Å². The molecule has 0 saturated carbocycles. The molecular weight excluding hydrogens is 193 g/mol. The topological polar surface area (TPSA) is 21.3 Å². The lowest BCUT2D eigenvalue weighted by atomic mass is 10.2. The van der Waals surface area contributed by atoms with E-state index in [-0.39, 0.29) is 5.82 Å². The molecule has 0 amide bonds. The Morgan fingerprint density at radius 1 is 1.40 bits per heavy atom. The number of rotatable bonds is 7. The highest BCUT2D eigenvalue weighted by atomic mass is 19.1. The zero-order chi connectivity index (χ0) is 10.9. The van der Waals surface area contributed by atoms with Gasteiger partial charge in [0.25, 0.3) is 0 Å². The van der Waals surface area contributed by atoms with Crippen LogP contribution in [0.2, 0.25) is 0 Å². The molecule has 0 aliphatic carbocycles. The van der Waals surface area contributed by atoms with Crippen LogP contribution in [0.4, 0.5) is 4.39 Å². The lowest BCUT2D eigenvalue weighted by molar-refractivity contribution is 0.244. The molecule has 0 aromatic heterocycles. The average Bonchev–Trinajstić information content (AvgIpc) is 2.25. The van der Waals surface area contributed by atoms with Crippen LogP contribution in [-0.4, -0.2) is 13.2 Å². The summed E-state index contributed by atoms with van der Waals surface area (Å²) in [4.78, 5) is 0. The van der Waals surface area contributed by atoms with Gasteiger partial charge in [0.15, 0.2) is 0 Å². The highest BCUT2D eigenvalue weighted by Crippen LogP contribution is 2.05. The second-order valence-corrected chi connectivity index (χ2v) is 3.16. The summed E-state index contributed by atoms with van der Waals surface area (Å²) in [7, 11) is 0. The fraction of sp³-hybridized carbons (Fsp3) is 0.333. The molecule has 0 bridgehead atoms. The van der Waals surface area contributed by atoms with Gasteiger partial charge in [-0.05, 0) is 19.0 Å². The molecule has 0 saturated heterocycles. The molecule has 82 valence electrons. The van der Waals surface area contributed by atoms with E-state index in [1.807, 2.05) is 6.07 Å². The van der Waals surface area contributed by atoms with Crippen LogP contribution in [0.5, 0.6) is 0 Å². The summed E-state index contributed by atoms with van der Waals surface area (Å²) in [5.41, 5.74) is 0.696. The highest BCUT2D eigenvalue weighted by Gasteiger charge is 1.98. The van der Waals surface area contributed by atoms with E-state index in [9.17, 15) is 4.39 Å². The Hall–Kier alpha value is -1.35. The second kappa shape index (κ2) is 7.01. The van der Waals surface area contributed by atoms with Gasteiger partial charge in [0.2, 0.25) is 0 Å². The number of halogens is 1. The Morgan fingerprint density at radius 3 is 2.93 bits per heavy atom. The Bertz CT molecular complexity index is 301. The smallest absolute Gasteiger partial charge is 0.127 e. The van der Waals surface area contributed by atoms with E-state index in [2.05, 4.69) is 11.9 Å². The van der Waals surface area contributed by atoms with E-state index in [0.717, 1.165) is 13.0 Å². The minimum Gasteiger partial charge on any atom is -0.502 e. The van der Waals surface area contributed by atoms with E-state index in [4.69, 9.17) is 4.74 Å². The van der Waals surface area contributed by atoms with Crippen LogP contribution in [0.15, 0.2) is 37.1 Å². The number of benzene rings is 1. The normalized spacial score (nSPS) is 9.93.